The standard InChI is InChI=1S/C13H13ClN4S/c1-7-5-9-12(16-6-7)18(13(15)17-9)8(2)10-3-4-11(14)19-10/h3-6,8H,1-2H3,(H2,15,17). The fourth-order valence-corrected chi connectivity index (χ4v) is 3.27. The van der Waals surface area contributed by atoms with Crippen LogP contribution in [0.4, 0.5) is 5.95 Å². The minimum Gasteiger partial charge on any atom is -0.369 e. The Morgan fingerprint density at radius 3 is 2.89 bits per heavy atom. The van der Waals surface area contributed by atoms with Crippen LogP contribution in [0.5, 0.6) is 0 Å². The monoisotopic (exact) mass is 292 g/mol. The van der Waals surface area contributed by atoms with Gasteiger partial charge in [0.15, 0.2) is 5.65 Å². The van der Waals surface area contributed by atoms with E-state index in [-0.39, 0.29) is 6.04 Å². The SMILES string of the molecule is Cc1cnc2c(c1)nc(N)n2C(C)c1ccc(Cl)s1. The van der Waals surface area contributed by atoms with E-state index in [0.717, 1.165) is 25.9 Å². The molecule has 0 saturated carbocycles. The van der Waals surface area contributed by atoms with Crippen LogP contribution in [0.1, 0.15) is 23.4 Å². The summed E-state index contributed by atoms with van der Waals surface area (Å²) in [5.41, 5.74) is 8.74. The van der Waals surface area contributed by atoms with E-state index in [1.54, 1.807) is 11.3 Å². The van der Waals surface area contributed by atoms with Gasteiger partial charge >= 0.3 is 0 Å². The van der Waals surface area contributed by atoms with Crippen LogP contribution >= 0.6 is 22.9 Å². The van der Waals surface area contributed by atoms with Crippen molar-refractivity contribution in [3.8, 4) is 0 Å². The third-order valence-electron chi connectivity index (χ3n) is 3.09. The topological polar surface area (TPSA) is 56.7 Å². The van der Waals surface area contributed by atoms with Crippen molar-refractivity contribution in [3.05, 3.63) is 39.2 Å². The maximum Gasteiger partial charge on any atom is 0.203 e. The van der Waals surface area contributed by atoms with Gasteiger partial charge in [0.05, 0.1) is 10.4 Å². The number of hydrogen-bond donors (Lipinski definition) is 1. The average molecular weight is 293 g/mol. The highest BCUT2D eigenvalue weighted by Crippen LogP contribution is 2.32. The zero-order chi connectivity index (χ0) is 13.6. The molecular weight excluding hydrogens is 280 g/mol. The fraction of sp³-hybridized carbons (Fsp3) is 0.231. The third-order valence-corrected chi connectivity index (χ3v) is 4.49. The van der Waals surface area contributed by atoms with Crippen molar-refractivity contribution in [1.82, 2.24) is 14.5 Å². The largest absolute Gasteiger partial charge is 0.369 e. The normalized spacial score (nSPS) is 13.0. The molecule has 1 unspecified atom stereocenters. The second-order valence-electron chi connectivity index (χ2n) is 4.51. The van der Waals surface area contributed by atoms with Crippen LogP contribution in [-0.4, -0.2) is 14.5 Å². The van der Waals surface area contributed by atoms with Gasteiger partial charge in [-0.25, -0.2) is 9.97 Å². The second kappa shape index (κ2) is 4.51. The molecule has 0 saturated heterocycles. The van der Waals surface area contributed by atoms with E-state index in [9.17, 15) is 0 Å². The van der Waals surface area contributed by atoms with Crippen molar-refractivity contribution in [2.45, 2.75) is 19.9 Å². The van der Waals surface area contributed by atoms with E-state index in [0.29, 0.717) is 5.95 Å². The first-order chi connectivity index (χ1) is 9.06. The summed E-state index contributed by atoms with van der Waals surface area (Å²) in [4.78, 5) is 9.96. The molecule has 0 radical (unpaired) electrons. The van der Waals surface area contributed by atoms with Crippen LogP contribution in [-0.2, 0) is 0 Å². The molecule has 0 aliphatic carbocycles. The number of nitrogen functional groups attached to an aromatic ring is 1. The summed E-state index contributed by atoms with van der Waals surface area (Å²) in [5, 5.41) is 0. The highest BCUT2D eigenvalue weighted by Gasteiger charge is 2.18. The number of nitrogens with two attached hydrogens (primary N) is 1. The number of halogens is 1. The van der Waals surface area contributed by atoms with Crippen molar-refractivity contribution in [1.29, 1.82) is 0 Å². The van der Waals surface area contributed by atoms with E-state index in [1.165, 1.54) is 0 Å². The van der Waals surface area contributed by atoms with E-state index < -0.39 is 0 Å². The molecule has 0 spiro atoms. The maximum atomic E-state index is 6.03. The summed E-state index contributed by atoms with van der Waals surface area (Å²) in [5.74, 6) is 0.477. The van der Waals surface area contributed by atoms with Gasteiger partial charge in [-0.05, 0) is 37.6 Å². The Morgan fingerprint density at radius 1 is 1.42 bits per heavy atom. The lowest BCUT2D eigenvalue weighted by atomic mass is 10.2. The predicted molar refractivity (Wildman–Crippen MR) is 79.8 cm³/mol. The van der Waals surface area contributed by atoms with Crippen LogP contribution in [0, 0.1) is 6.92 Å². The van der Waals surface area contributed by atoms with Crippen LogP contribution in [0.15, 0.2) is 24.4 Å². The van der Waals surface area contributed by atoms with Gasteiger partial charge in [0.25, 0.3) is 0 Å². The molecular formula is C13H13ClN4S. The molecule has 19 heavy (non-hydrogen) atoms. The van der Waals surface area contributed by atoms with Crippen LogP contribution in [0.2, 0.25) is 4.34 Å². The molecule has 3 aromatic heterocycles. The first-order valence-electron chi connectivity index (χ1n) is 5.91. The summed E-state index contributed by atoms with van der Waals surface area (Å²) in [6.07, 6.45) is 1.83. The zero-order valence-electron chi connectivity index (χ0n) is 10.6. The number of nitrogens with zero attached hydrogens (tertiary/aromatic N) is 3. The number of anilines is 1. The highest BCUT2D eigenvalue weighted by molar-refractivity contribution is 7.16. The summed E-state index contributed by atoms with van der Waals surface area (Å²) in [6, 6.07) is 5.96. The minimum atomic E-state index is 0.0673. The van der Waals surface area contributed by atoms with E-state index in [1.807, 2.05) is 35.9 Å². The quantitative estimate of drug-likeness (QED) is 0.784. The van der Waals surface area contributed by atoms with Crippen molar-refractivity contribution in [2.75, 3.05) is 5.73 Å². The van der Waals surface area contributed by atoms with Gasteiger partial charge in [0, 0.05) is 11.1 Å². The second-order valence-corrected chi connectivity index (χ2v) is 6.26. The molecule has 3 heterocycles. The van der Waals surface area contributed by atoms with E-state index in [4.69, 9.17) is 17.3 Å². The van der Waals surface area contributed by atoms with Gasteiger partial charge in [-0.15, -0.1) is 11.3 Å². The molecule has 0 aromatic carbocycles. The zero-order valence-corrected chi connectivity index (χ0v) is 12.2. The Bertz CT molecular complexity index is 746. The number of hydrogen-bond acceptors (Lipinski definition) is 4. The maximum absolute atomic E-state index is 6.03. The number of pyridine rings is 1. The molecule has 4 nitrogen and oxygen atoms in total. The Morgan fingerprint density at radius 2 is 2.21 bits per heavy atom. The Kier molecular flexibility index (Phi) is 2.95. The number of imidazole rings is 1. The molecule has 3 aromatic rings. The first-order valence-corrected chi connectivity index (χ1v) is 7.11. The van der Waals surface area contributed by atoms with Crippen molar-refractivity contribution >= 4 is 40.0 Å². The lowest BCUT2D eigenvalue weighted by molar-refractivity contribution is 0.674. The van der Waals surface area contributed by atoms with Gasteiger partial charge in [-0.2, -0.15) is 0 Å². The molecule has 3 rings (SSSR count). The fourth-order valence-electron chi connectivity index (χ4n) is 2.16. The molecule has 98 valence electrons. The Hall–Kier alpha value is -1.59. The van der Waals surface area contributed by atoms with Gasteiger partial charge < -0.3 is 5.73 Å². The first kappa shape index (κ1) is 12.4. The van der Waals surface area contributed by atoms with Gasteiger partial charge in [0.1, 0.15) is 5.52 Å². The van der Waals surface area contributed by atoms with Crippen LogP contribution in [0.25, 0.3) is 11.2 Å². The molecule has 0 aliphatic rings. The minimum absolute atomic E-state index is 0.0673. The van der Waals surface area contributed by atoms with Crippen molar-refractivity contribution in [3.63, 3.8) is 0 Å². The highest BCUT2D eigenvalue weighted by atomic mass is 35.5. The van der Waals surface area contributed by atoms with Crippen molar-refractivity contribution < 1.29 is 0 Å². The number of fused-ring (bicyclic) bond motifs is 1. The lowest BCUT2D eigenvalue weighted by Gasteiger charge is -2.13. The van der Waals surface area contributed by atoms with Gasteiger partial charge in [-0.1, -0.05) is 11.6 Å². The van der Waals surface area contributed by atoms with Crippen molar-refractivity contribution in [2.24, 2.45) is 0 Å². The molecule has 0 amide bonds. The van der Waals surface area contributed by atoms with E-state index >= 15 is 0 Å². The Labute approximate surface area is 119 Å². The summed E-state index contributed by atoms with van der Waals surface area (Å²) in [7, 11) is 0. The predicted octanol–water partition coefficient (Wildman–Crippen LogP) is 3.65. The van der Waals surface area contributed by atoms with Gasteiger partial charge in [0.2, 0.25) is 5.95 Å². The van der Waals surface area contributed by atoms with Crippen LogP contribution in [0.3, 0.4) is 0 Å². The molecule has 2 N–H and O–H groups in total. The third kappa shape index (κ3) is 2.09. The van der Waals surface area contributed by atoms with Gasteiger partial charge in [-0.3, -0.25) is 4.57 Å². The molecule has 1 atom stereocenters. The number of thiophene rings is 1. The number of rotatable bonds is 2. The molecule has 6 heteroatoms. The Balaban J connectivity index is 2.16. The molecule has 0 bridgehead atoms. The lowest BCUT2D eigenvalue weighted by Crippen LogP contribution is -2.09. The molecule has 0 aliphatic heterocycles. The summed E-state index contributed by atoms with van der Waals surface area (Å²) in [6.45, 7) is 4.06. The summed E-state index contributed by atoms with van der Waals surface area (Å²) < 4.78 is 2.71. The number of aromatic nitrogens is 3. The number of aryl methyl sites for hydroxylation is 1. The van der Waals surface area contributed by atoms with Crippen LogP contribution < -0.4 is 5.73 Å². The summed E-state index contributed by atoms with van der Waals surface area (Å²) >= 11 is 7.54. The smallest absolute Gasteiger partial charge is 0.203 e. The average Bonchev–Trinajstić information content (AvgIpc) is 2.91. The molecule has 0 fully saturated rings. The van der Waals surface area contributed by atoms with E-state index in [2.05, 4.69) is 16.9 Å².